The van der Waals surface area contributed by atoms with Crippen molar-refractivity contribution >= 4 is 0 Å². The first-order valence-corrected chi connectivity index (χ1v) is 8.29. The summed E-state index contributed by atoms with van der Waals surface area (Å²) in [4.78, 5) is 2.58. The molecule has 2 rings (SSSR count). The van der Waals surface area contributed by atoms with E-state index in [1.807, 2.05) is 0 Å². The van der Waals surface area contributed by atoms with Crippen LogP contribution in [0.1, 0.15) is 63.1 Å². The topological polar surface area (TPSA) is 29.3 Å². The van der Waals surface area contributed by atoms with Gasteiger partial charge in [0.1, 0.15) is 0 Å². The van der Waals surface area contributed by atoms with E-state index < -0.39 is 0 Å². The van der Waals surface area contributed by atoms with Crippen LogP contribution in [0.4, 0.5) is 0 Å². The number of hydrogen-bond acceptors (Lipinski definition) is 2. The van der Waals surface area contributed by atoms with Crippen molar-refractivity contribution in [1.82, 2.24) is 4.90 Å². The Morgan fingerprint density at radius 3 is 2.65 bits per heavy atom. The molecular formula is C18H30N2. The summed E-state index contributed by atoms with van der Waals surface area (Å²) in [6.07, 6.45) is 7.77. The maximum absolute atomic E-state index is 6.42. The fourth-order valence-corrected chi connectivity index (χ4v) is 3.18. The predicted molar refractivity (Wildman–Crippen MR) is 86.9 cm³/mol. The van der Waals surface area contributed by atoms with Gasteiger partial charge in [-0.15, -0.1) is 0 Å². The fourth-order valence-electron chi connectivity index (χ4n) is 3.18. The van der Waals surface area contributed by atoms with Crippen molar-refractivity contribution in [2.75, 3.05) is 13.1 Å². The van der Waals surface area contributed by atoms with Gasteiger partial charge in [-0.1, -0.05) is 50.5 Å². The van der Waals surface area contributed by atoms with Crippen LogP contribution in [0.2, 0.25) is 0 Å². The molecule has 0 aliphatic carbocycles. The van der Waals surface area contributed by atoms with E-state index >= 15 is 0 Å². The van der Waals surface area contributed by atoms with Crippen molar-refractivity contribution in [2.24, 2.45) is 5.73 Å². The largest absolute Gasteiger partial charge is 0.323 e. The number of nitrogens with two attached hydrogens (primary N) is 1. The lowest BCUT2D eigenvalue weighted by molar-refractivity contribution is 0.201. The highest BCUT2D eigenvalue weighted by molar-refractivity contribution is 5.25. The molecule has 2 heteroatoms. The first kappa shape index (κ1) is 15.5. The zero-order valence-electron chi connectivity index (χ0n) is 13.1. The summed E-state index contributed by atoms with van der Waals surface area (Å²) < 4.78 is 0. The molecule has 1 fully saturated rings. The van der Waals surface area contributed by atoms with Crippen molar-refractivity contribution in [3.63, 3.8) is 0 Å². The minimum atomic E-state index is 0.145. The van der Waals surface area contributed by atoms with Gasteiger partial charge in [-0.2, -0.15) is 0 Å². The van der Waals surface area contributed by atoms with Crippen LogP contribution in [0, 0.1) is 0 Å². The molecule has 1 aliphatic heterocycles. The summed E-state index contributed by atoms with van der Waals surface area (Å²) in [5.41, 5.74) is 9.12. The van der Waals surface area contributed by atoms with E-state index in [4.69, 9.17) is 5.73 Å². The van der Waals surface area contributed by atoms with Crippen molar-refractivity contribution in [2.45, 2.75) is 64.5 Å². The van der Waals surface area contributed by atoms with Crippen LogP contribution in [0.3, 0.4) is 0 Å². The third kappa shape index (κ3) is 4.32. The van der Waals surface area contributed by atoms with Crippen LogP contribution in [0.15, 0.2) is 24.3 Å². The number of hydrogen-bond donors (Lipinski definition) is 1. The number of likely N-dealkylation sites (tertiary alicyclic amines) is 1. The summed E-state index contributed by atoms with van der Waals surface area (Å²) in [6.45, 7) is 6.78. The molecule has 2 unspecified atom stereocenters. The standard InChI is InChI=1S/C18H30N2/c1-3-7-16-9-11-17(12-10-16)18(19)14-20-13-6-4-5-8-15(20)2/h9-12,15,18H,3-8,13-14,19H2,1-2H3. The normalized spacial score (nSPS) is 22.4. The Kier molecular flexibility index (Phi) is 6.06. The Labute approximate surface area is 124 Å². The van der Waals surface area contributed by atoms with Crippen LogP contribution in [0.25, 0.3) is 0 Å². The molecule has 0 saturated carbocycles. The monoisotopic (exact) mass is 274 g/mol. The van der Waals surface area contributed by atoms with E-state index in [0.717, 1.165) is 6.54 Å². The second kappa shape index (κ2) is 7.80. The first-order valence-electron chi connectivity index (χ1n) is 8.29. The molecule has 1 saturated heterocycles. The van der Waals surface area contributed by atoms with Gasteiger partial charge in [0.2, 0.25) is 0 Å². The Morgan fingerprint density at radius 2 is 1.95 bits per heavy atom. The summed E-state index contributed by atoms with van der Waals surface area (Å²) in [6, 6.07) is 9.75. The Bertz CT molecular complexity index is 385. The molecule has 1 aliphatic rings. The van der Waals surface area contributed by atoms with Crippen LogP contribution in [-0.4, -0.2) is 24.0 Å². The third-order valence-electron chi connectivity index (χ3n) is 4.57. The summed E-state index contributed by atoms with van der Waals surface area (Å²) >= 11 is 0. The highest BCUT2D eigenvalue weighted by Crippen LogP contribution is 2.20. The maximum atomic E-state index is 6.42. The lowest BCUT2D eigenvalue weighted by atomic mass is 10.0. The zero-order chi connectivity index (χ0) is 14.4. The number of nitrogens with zero attached hydrogens (tertiary/aromatic N) is 1. The first-order chi connectivity index (χ1) is 9.70. The molecule has 1 aromatic carbocycles. The summed E-state index contributed by atoms with van der Waals surface area (Å²) in [5, 5.41) is 0. The second-order valence-electron chi connectivity index (χ2n) is 6.29. The predicted octanol–water partition coefficient (Wildman–Crippen LogP) is 3.90. The number of benzene rings is 1. The van der Waals surface area contributed by atoms with Crippen LogP contribution in [-0.2, 0) is 6.42 Å². The highest BCUT2D eigenvalue weighted by Gasteiger charge is 2.19. The van der Waals surface area contributed by atoms with E-state index in [2.05, 4.69) is 43.0 Å². The molecule has 20 heavy (non-hydrogen) atoms. The van der Waals surface area contributed by atoms with Gasteiger partial charge < -0.3 is 5.73 Å². The van der Waals surface area contributed by atoms with E-state index in [0.29, 0.717) is 6.04 Å². The van der Waals surface area contributed by atoms with Gasteiger partial charge in [0, 0.05) is 18.6 Å². The minimum Gasteiger partial charge on any atom is -0.323 e. The Hall–Kier alpha value is -0.860. The lowest BCUT2D eigenvalue weighted by Crippen LogP contribution is -2.38. The van der Waals surface area contributed by atoms with Crippen LogP contribution in [0.5, 0.6) is 0 Å². The molecule has 1 aromatic rings. The van der Waals surface area contributed by atoms with Crippen LogP contribution >= 0.6 is 0 Å². The average Bonchev–Trinajstić information content (AvgIpc) is 2.65. The molecule has 0 aromatic heterocycles. The molecule has 0 amide bonds. The second-order valence-corrected chi connectivity index (χ2v) is 6.29. The van der Waals surface area contributed by atoms with E-state index in [1.165, 1.54) is 56.2 Å². The van der Waals surface area contributed by atoms with Gasteiger partial charge >= 0.3 is 0 Å². The van der Waals surface area contributed by atoms with Gasteiger partial charge in [0.25, 0.3) is 0 Å². The SMILES string of the molecule is CCCc1ccc(C(N)CN2CCCCCC2C)cc1. The molecular weight excluding hydrogens is 244 g/mol. The van der Waals surface area contributed by atoms with E-state index in [1.54, 1.807) is 0 Å². The van der Waals surface area contributed by atoms with Gasteiger partial charge in [-0.3, -0.25) is 4.90 Å². The van der Waals surface area contributed by atoms with Gasteiger partial charge in [0.15, 0.2) is 0 Å². The quantitative estimate of drug-likeness (QED) is 0.882. The number of aryl methyl sites for hydroxylation is 1. The third-order valence-corrected chi connectivity index (χ3v) is 4.57. The van der Waals surface area contributed by atoms with Crippen molar-refractivity contribution in [3.8, 4) is 0 Å². The minimum absolute atomic E-state index is 0.145. The average molecular weight is 274 g/mol. The maximum Gasteiger partial charge on any atom is 0.0424 e. The van der Waals surface area contributed by atoms with Crippen LogP contribution < -0.4 is 5.73 Å². The summed E-state index contributed by atoms with van der Waals surface area (Å²) in [7, 11) is 0. The molecule has 2 nitrogen and oxygen atoms in total. The lowest BCUT2D eigenvalue weighted by Gasteiger charge is -2.29. The van der Waals surface area contributed by atoms with Crippen molar-refractivity contribution in [1.29, 1.82) is 0 Å². The van der Waals surface area contributed by atoms with E-state index in [-0.39, 0.29) is 6.04 Å². The molecule has 2 atom stereocenters. The summed E-state index contributed by atoms with van der Waals surface area (Å²) in [5.74, 6) is 0. The smallest absolute Gasteiger partial charge is 0.0424 e. The molecule has 0 spiro atoms. The van der Waals surface area contributed by atoms with E-state index in [9.17, 15) is 0 Å². The molecule has 1 heterocycles. The van der Waals surface area contributed by atoms with Gasteiger partial charge in [0.05, 0.1) is 0 Å². The van der Waals surface area contributed by atoms with Crippen molar-refractivity contribution < 1.29 is 0 Å². The molecule has 2 N–H and O–H groups in total. The Balaban J connectivity index is 1.94. The molecule has 0 radical (unpaired) electrons. The zero-order valence-corrected chi connectivity index (χ0v) is 13.1. The number of rotatable bonds is 5. The Morgan fingerprint density at radius 1 is 1.20 bits per heavy atom. The van der Waals surface area contributed by atoms with Gasteiger partial charge in [-0.25, -0.2) is 0 Å². The molecule has 0 bridgehead atoms. The molecule has 112 valence electrons. The highest BCUT2D eigenvalue weighted by atomic mass is 15.2. The van der Waals surface area contributed by atoms with Crippen molar-refractivity contribution in [3.05, 3.63) is 35.4 Å². The van der Waals surface area contributed by atoms with Gasteiger partial charge in [-0.05, 0) is 43.9 Å². The fraction of sp³-hybridized carbons (Fsp3) is 0.667.